The molecule has 3 aromatic rings. The van der Waals surface area contributed by atoms with Gasteiger partial charge >= 0.3 is 0 Å². The number of fused-ring (bicyclic) bond motifs is 2. The SMILES string of the molecule is Cc1nc(CN2CCc3nc(N(C)C)[nH]c(=O)c3CC2)c2ccccn12. The van der Waals surface area contributed by atoms with Gasteiger partial charge in [0.15, 0.2) is 0 Å². The van der Waals surface area contributed by atoms with Crippen LogP contribution in [0, 0.1) is 6.92 Å². The van der Waals surface area contributed by atoms with E-state index in [9.17, 15) is 4.79 Å². The number of hydrogen-bond donors (Lipinski definition) is 1. The first kappa shape index (κ1) is 16.8. The largest absolute Gasteiger partial charge is 0.348 e. The summed E-state index contributed by atoms with van der Waals surface area (Å²) in [4.78, 5) is 28.9. The van der Waals surface area contributed by atoms with Crippen LogP contribution in [0.25, 0.3) is 5.52 Å². The van der Waals surface area contributed by atoms with Gasteiger partial charge in [0.2, 0.25) is 5.95 Å². The van der Waals surface area contributed by atoms with Gasteiger partial charge in [0.05, 0.1) is 16.9 Å². The molecule has 0 fully saturated rings. The van der Waals surface area contributed by atoms with E-state index in [0.717, 1.165) is 60.8 Å². The van der Waals surface area contributed by atoms with Crippen LogP contribution >= 0.6 is 0 Å². The summed E-state index contributed by atoms with van der Waals surface area (Å²) in [5, 5.41) is 0. The molecule has 0 amide bonds. The number of anilines is 1. The number of pyridine rings is 1. The molecule has 136 valence electrons. The molecule has 0 aromatic carbocycles. The van der Waals surface area contributed by atoms with Crippen molar-refractivity contribution in [1.29, 1.82) is 0 Å². The van der Waals surface area contributed by atoms with Gasteiger partial charge in [-0.25, -0.2) is 9.97 Å². The number of aromatic nitrogens is 4. The average Bonchev–Trinajstić information content (AvgIpc) is 2.80. The average molecular weight is 352 g/mol. The molecule has 7 nitrogen and oxygen atoms in total. The molecule has 4 heterocycles. The molecule has 0 saturated carbocycles. The van der Waals surface area contributed by atoms with E-state index < -0.39 is 0 Å². The van der Waals surface area contributed by atoms with Crippen LogP contribution in [0.15, 0.2) is 29.2 Å². The highest BCUT2D eigenvalue weighted by atomic mass is 16.1. The maximum absolute atomic E-state index is 12.4. The van der Waals surface area contributed by atoms with E-state index in [4.69, 9.17) is 4.98 Å². The van der Waals surface area contributed by atoms with Crippen LogP contribution in [0.2, 0.25) is 0 Å². The fourth-order valence-corrected chi connectivity index (χ4v) is 3.61. The van der Waals surface area contributed by atoms with E-state index in [1.807, 2.05) is 44.2 Å². The molecule has 0 aliphatic carbocycles. The van der Waals surface area contributed by atoms with Gasteiger partial charge in [0.25, 0.3) is 5.56 Å². The van der Waals surface area contributed by atoms with Crippen molar-refractivity contribution in [2.75, 3.05) is 32.1 Å². The summed E-state index contributed by atoms with van der Waals surface area (Å²) < 4.78 is 2.12. The van der Waals surface area contributed by atoms with Crippen molar-refractivity contribution in [2.45, 2.75) is 26.3 Å². The van der Waals surface area contributed by atoms with Gasteiger partial charge in [0, 0.05) is 51.9 Å². The van der Waals surface area contributed by atoms with Crippen LogP contribution in [0.1, 0.15) is 22.8 Å². The number of hydrogen-bond acceptors (Lipinski definition) is 5. The number of aromatic amines is 1. The molecule has 0 spiro atoms. The van der Waals surface area contributed by atoms with E-state index >= 15 is 0 Å². The first-order valence-corrected chi connectivity index (χ1v) is 8.97. The van der Waals surface area contributed by atoms with Crippen LogP contribution in [0.4, 0.5) is 5.95 Å². The highest BCUT2D eigenvalue weighted by molar-refractivity contribution is 5.53. The normalized spacial score (nSPS) is 15.0. The van der Waals surface area contributed by atoms with Crippen molar-refractivity contribution < 1.29 is 0 Å². The Morgan fingerprint density at radius 2 is 2.00 bits per heavy atom. The van der Waals surface area contributed by atoms with E-state index in [-0.39, 0.29) is 5.56 Å². The molecular formula is C19H24N6O. The zero-order valence-electron chi connectivity index (χ0n) is 15.5. The molecule has 0 bridgehead atoms. The minimum absolute atomic E-state index is 0.0103. The maximum Gasteiger partial charge on any atom is 0.255 e. The first-order chi connectivity index (χ1) is 12.5. The Bertz CT molecular complexity index is 1000. The Labute approximate surface area is 152 Å². The first-order valence-electron chi connectivity index (χ1n) is 8.97. The second kappa shape index (κ2) is 6.57. The lowest BCUT2D eigenvalue weighted by Crippen LogP contribution is -2.26. The van der Waals surface area contributed by atoms with Gasteiger partial charge < -0.3 is 9.30 Å². The number of aryl methyl sites for hydroxylation is 1. The van der Waals surface area contributed by atoms with Gasteiger partial charge in [0.1, 0.15) is 5.82 Å². The maximum atomic E-state index is 12.4. The molecule has 0 radical (unpaired) electrons. The zero-order chi connectivity index (χ0) is 18.3. The van der Waals surface area contributed by atoms with Crippen LogP contribution in [-0.4, -0.2) is 51.4 Å². The molecule has 0 unspecified atom stereocenters. The van der Waals surface area contributed by atoms with E-state index in [1.54, 1.807) is 0 Å². The predicted octanol–water partition coefficient (Wildman–Crippen LogP) is 1.39. The smallest absolute Gasteiger partial charge is 0.255 e. The van der Waals surface area contributed by atoms with E-state index in [1.165, 1.54) is 0 Å². The highest BCUT2D eigenvalue weighted by Gasteiger charge is 2.20. The monoisotopic (exact) mass is 352 g/mol. The molecule has 26 heavy (non-hydrogen) atoms. The summed E-state index contributed by atoms with van der Waals surface area (Å²) >= 11 is 0. The van der Waals surface area contributed by atoms with Crippen molar-refractivity contribution in [3.63, 3.8) is 0 Å². The van der Waals surface area contributed by atoms with Crippen LogP contribution < -0.4 is 10.5 Å². The zero-order valence-corrected chi connectivity index (χ0v) is 15.5. The molecule has 1 aliphatic heterocycles. The van der Waals surface area contributed by atoms with Gasteiger partial charge in [-0.15, -0.1) is 0 Å². The number of rotatable bonds is 3. The summed E-state index contributed by atoms with van der Waals surface area (Å²) in [6, 6.07) is 6.18. The van der Waals surface area contributed by atoms with Crippen LogP contribution in [-0.2, 0) is 19.4 Å². The van der Waals surface area contributed by atoms with E-state index in [0.29, 0.717) is 5.95 Å². The molecular weight excluding hydrogens is 328 g/mol. The summed E-state index contributed by atoms with van der Waals surface area (Å²) in [5.74, 6) is 1.63. The summed E-state index contributed by atoms with van der Waals surface area (Å²) in [5.41, 5.74) is 3.97. The fraction of sp³-hybridized carbons (Fsp3) is 0.421. The Kier molecular flexibility index (Phi) is 4.24. The fourth-order valence-electron chi connectivity index (χ4n) is 3.61. The molecule has 0 saturated heterocycles. The lowest BCUT2D eigenvalue weighted by atomic mass is 10.1. The summed E-state index contributed by atoms with van der Waals surface area (Å²) in [6.07, 6.45) is 3.55. The lowest BCUT2D eigenvalue weighted by Gasteiger charge is -2.18. The van der Waals surface area contributed by atoms with Crippen molar-refractivity contribution in [1.82, 2.24) is 24.3 Å². The molecule has 7 heteroatoms. The number of nitrogens with zero attached hydrogens (tertiary/aromatic N) is 5. The van der Waals surface area contributed by atoms with Crippen LogP contribution in [0.3, 0.4) is 0 Å². The van der Waals surface area contributed by atoms with Crippen molar-refractivity contribution in [3.05, 3.63) is 57.5 Å². The number of nitrogens with one attached hydrogen (secondary N) is 1. The predicted molar refractivity (Wildman–Crippen MR) is 102 cm³/mol. The number of imidazole rings is 1. The van der Waals surface area contributed by atoms with Gasteiger partial charge in [-0.2, -0.15) is 0 Å². The third-order valence-electron chi connectivity index (χ3n) is 5.03. The molecule has 1 aliphatic rings. The Hall–Kier alpha value is -2.67. The Balaban J connectivity index is 1.57. The lowest BCUT2D eigenvalue weighted by molar-refractivity contribution is 0.277. The van der Waals surface area contributed by atoms with E-state index in [2.05, 4.69) is 25.3 Å². The van der Waals surface area contributed by atoms with Gasteiger partial charge in [-0.05, 0) is 25.5 Å². The third-order valence-corrected chi connectivity index (χ3v) is 5.03. The Morgan fingerprint density at radius 3 is 2.81 bits per heavy atom. The van der Waals surface area contributed by atoms with Gasteiger partial charge in [-0.1, -0.05) is 6.07 Å². The second-order valence-corrected chi connectivity index (χ2v) is 7.05. The molecule has 3 aromatic heterocycles. The second-order valence-electron chi connectivity index (χ2n) is 7.05. The summed E-state index contributed by atoms with van der Waals surface area (Å²) in [7, 11) is 3.78. The molecule has 1 N–H and O–H groups in total. The molecule has 0 atom stereocenters. The third kappa shape index (κ3) is 2.99. The summed E-state index contributed by atoms with van der Waals surface area (Å²) in [6.45, 7) is 4.53. The molecule has 4 rings (SSSR count). The van der Waals surface area contributed by atoms with Gasteiger partial charge in [-0.3, -0.25) is 14.7 Å². The van der Waals surface area contributed by atoms with Crippen LogP contribution in [0.5, 0.6) is 0 Å². The minimum Gasteiger partial charge on any atom is -0.348 e. The van der Waals surface area contributed by atoms with Crippen molar-refractivity contribution in [2.24, 2.45) is 0 Å². The number of H-pyrrole nitrogens is 1. The standard InChI is InChI=1S/C19H24N6O/c1-13-20-16(17-6-4-5-9-25(13)17)12-24-10-7-14-15(8-11-24)21-19(23(2)3)22-18(14)26/h4-6,9H,7-8,10-12H2,1-3H3,(H,21,22,26). The van der Waals surface area contributed by atoms with Crippen molar-refractivity contribution >= 4 is 11.5 Å². The highest BCUT2D eigenvalue weighted by Crippen LogP contribution is 2.18. The topological polar surface area (TPSA) is 69.5 Å². The minimum atomic E-state index is -0.0103. The van der Waals surface area contributed by atoms with Crippen molar-refractivity contribution in [3.8, 4) is 0 Å². The quantitative estimate of drug-likeness (QED) is 0.771. The Morgan fingerprint density at radius 1 is 1.19 bits per heavy atom.